The number of hydrogen-bond acceptors (Lipinski definition) is 2. The highest BCUT2D eigenvalue weighted by molar-refractivity contribution is 8.00. The molecular weight excluding hydrogens is 237 g/mol. The molecule has 0 saturated heterocycles. The Hall–Kier alpha value is -0.680. The fourth-order valence-corrected chi connectivity index (χ4v) is 2.98. The van der Waals surface area contributed by atoms with Gasteiger partial charge in [-0.05, 0) is 31.0 Å². The van der Waals surface area contributed by atoms with Crippen LogP contribution in [0.1, 0.15) is 18.1 Å². The van der Waals surface area contributed by atoms with Gasteiger partial charge in [-0.2, -0.15) is 13.2 Å². The van der Waals surface area contributed by atoms with Crippen LogP contribution in [0.15, 0.2) is 23.1 Å². The highest BCUT2D eigenvalue weighted by Gasteiger charge is 2.33. The van der Waals surface area contributed by atoms with E-state index in [0.717, 1.165) is 11.6 Å². The first-order valence-electron chi connectivity index (χ1n) is 4.93. The summed E-state index contributed by atoms with van der Waals surface area (Å²) >= 11 is 1.32. The Balaban J connectivity index is 2.28. The first kappa shape index (κ1) is 11.8. The topological polar surface area (TPSA) is 20.2 Å². The molecule has 0 saturated carbocycles. The van der Waals surface area contributed by atoms with Crippen LogP contribution in [0.2, 0.25) is 0 Å². The molecule has 1 aromatic rings. The molecule has 0 spiro atoms. The van der Waals surface area contributed by atoms with Gasteiger partial charge in [-0.25, -0.2) is 0 Å². The highest BCUT2D eigenvalue weighted by Crippen LogP contribution is 2.41. The van der Waals surface area contributed by atoms with Crippen molar-refractivity contribution in [1.82, 2.24) is 0 Å². The lowest BCUT2D eigenvalue weighted by Gasteiger charge is -2.10. The standard InChI is InChI=1S/C11H11F3OS/c1-6(15)9-4-7-2-3-8(11(12,13)14)5-10(7)16-9/h2-3,5-6,9,15H,4H2,1H3. The zero-order valence-electron chi connectivity index (χ0n) is 8.58. The lowest BCUT2D eigenvalue weighted by Crippen LogP contribution is -2.17. The van der Waals surface area contributed by atoms with Gasteiger partial charge in [-0.1, -0.05) is 6.07 Å². The van der Waals surface area contributed by atoms with Crippen molar-refractivity contribution in [1.29, 1.82) is 0 Å². The molecule has 1 nitrogen and oxygen atoms in total. The van der Waals surface area contributed by atoms with Crippen molar-refractivity contribution < 1.29 is 18.3 Å². The van der Waals surface area contributed by atoms with Crippen molar-refractivity contribution in [3.63, 3.8) is 0 Å². The quantitative estimate of drug-likeness (QED) is 0.824. The van der Waals surface area contributed by atoms with Crippen LogP contribution in [0.25, 0.3) is 0 Å². The number of thioether (sulfide) groups is 1. The number of hydrogen-bond donors (Lipinski definition) is 1. The molecule has 1 heterocycles. The summed E-state index contributed by atoms with van der Waals surface area (Å²) < 4.78 is 37.4. The summed E-state index contributed by atoms with van der Waals surface area (Å²) in [5.41, 5.74) is 0.272. The van der Waals surface area contributed by atoms with Gasteiger partial charge < -0.3 is 5.11 Å². The Morgan fingerprint density at radius 2 is 2.12 bits per heavy atom. The van der Waals surface area contributed by atoms with E-state index in [-0.39, 0.29) is 5.25 Å². The Kier molecular flexibility index (Phi) is 2.92. The van der Waals surface area contributed by atoms with E-state index in [2.05, 4.69) is 0 Å². The molecule has 1 aliphatic rings. The monoisotopic (exact) mass is 248 g/mol. The molecule has 1 aliphatic heterocycles. The molecule has 0 fully saturated rings. The number of aliphatic hydroxyl groups excluding tert-OH is 1. The third-order valence-electron chi connectivity index (χ3n) is 2.63. The van der Waals surface area contributed by atoms with Gasteiger partial charge in [0, 0.05) is 10.1 Å². The second-order valence-corrected chi connectivity index (χ2v) is 5.20. The van der Waals surface area contributed by atoms with E-state index < -0.39 is 17.8 Å². The van der Waals surface area contributed by atoms with E-state index in [1.807, 2.05) is 0 Å². The number of fused-ring (bicyclic) bond motifs is 1. The number of rotatable bonds is 1. The van der Waals surface area contributed by atoms with Gasteiger partial charge in [0.2, 0.25) is 0 Å². The lowest BCUT2D eigenvalue weighted by molar-refractivity contribution is -0.137. The van der Waals surface area contributed by atoms with Gasteiger partial charge in [0.1, 0.15) is 0 Å². The lowest BCUT2D eigenvalue weighted by atomic mass is 10.1. The van der Waals surface area contributed by atoms with Crippen molar-refractivity contribution in [2.75, 3.05) is 0 Å². The molecule has 0 radical (unpaired) electrons. The fraction of sp³-hybridized carbons (Fsp3) is 0.455. The summed E-state index contributed by atoms with van der Waals surface area (Å²) in [6.07, 6.45) is -4.17. The van der Waals surface area contributed by atoms with Crippen molar-refractivity contribution in [3.8, 4) is 0 Å². The van der Waals surface area contributed by atoms with Crippen molar-refractivity contribution in [3.05, 3.63) is 29.3 Å². The second-order valence-electron chi connectivity index (χ2n) is 3.92. The number of benzene rings is 1. The van der Waals surface area contributed by atoms with Crippen LogP contribution >= 0.6 is 11.8 Å². The van der Waals surface area contributed by atoms with Gasteiger partial charge in [0.15, 0.2) is 0 Å². The second kappa shape index (κ2) is 3.96. The average Bonchev–Trinajstić information content (AvgIpc) is 2.58. The average molecular weight is 248 g/mol. The van der Waals surface area contributed by atoms with Gasteiger partial charge >= 0.3 is 6.18 Å². The first-order valence-corrected chi connectivity index (χ1v) is 5.81. The zero-order valence-corrected chi connectivity index (χ0v) is 9.40. The van der Waals surface area contributed by atoms with Crippen LogP contribution in [-0.4, -0.2) is 16.5 Å². The van der Waals surface area contributed by atoms with Crippen LogP contribution < -0.4 is 0 Å². The minimum atomic E-state index is -4.29. The smallest absolute Gasteiger partial charge is 0.392 e. The summed E-state index contributed by atoms with van der Waals surface area (Å²) in [7, 11) is 0. The summed E-state index contributed by atoms with van der Waals surface area (Å²) in [4.78, 5) is 0.640. The van der Waals surface area contributed by atoms with Gasteiger partial charge in [-0.15, -0.1) is 11.8 Å². The molecule has 2 atom stereocenters. The zero-order chi connectivity index (χ0) is 11.9. The Bertz CT molecular complexity index is 401. The molecule has 5 heteroatoms. The van der Waals surface area contributed by atoms with E-state index in [1.54, 1.807) is 6.92 Å². The fourth-order valence-electron chi connectivity index (χ4n) is 1.70. The van der Waals surface area contributed by atoms with Crippen LogP contribution in [0.5, 0.6) is 0 Å². The Morgan fingerprint density at radius 1 is 1.44 bits per heavy atom. The summed E-state index contributed by atoms with van der Waals surface area (Å²) in [5.74, 6) is 0. The molecule has 1 N–H and O–H groups in total. The predicted molar refractivity (Wildman–Crippen MR) is 56.5 cm³/mol. The van der Waals surface area contributed by atoms with Gasteiger partial charge in [0.25, 0.3) is 0 Å². The molecule has 88 valence electrons. The van der Waals surface area contributed by atoms with E-state index >= 15 is 0 Å². The molecule has 2 rings (SSSR count). The summed E-state index contributed by atoms with van der Waals surface area (Å²) in [6.45, 7) is 1.66. The molecule has 16 heavy (non-hydrogen) atoms. The van der Waals surface area contributed by atoms with Crippen molar-refractivity contribution in [2.24, 2.45) is 0 Å². The molecule has 0 aromatic heterocycles. The molecule has 0 amide bonds. The minimum absolute atomic E-state index is 0.0292. The molecule has 0 aliphatic carbocycles. The largest absolute Gasteiger partial charge is 0.416 e. The van der Waals surface area contributed by atoms with Gasteiger partial charge in [0.05, 0.1) is 11.7 Å². The normalized spacial score (nSPS) is 21.9. The molecule has 0 bridgehead atoms. The predicted octanol–water partition coefficient (Wildman–Crippen LogP) is 3.10. The van der Waals surface area contributed by atoms with Gasteiger partial charge in [-0.3, -0.25) is 0 Å². The summed E-state index contributed by atoms with van der Waals surface area (Å²) in [6, 6.07) is 3.78. The third kappa shape index (κ3) is 2.20. The van der Waals surface area contributed by atoms with Crippen LogP contribution in [0.4, 0.5) is 13.2 Å². The van der Waals surface area contributed by atoms with E-state index in [1.165, 1.54) is 23.9 Å². The molecular formula is C11H11F3OS. The Morgan fingerprint density at radius 3 is 2.69 bits per heavy atom. The molecule has 1 aromatic carbocycles. The van der Waals surface area contributed by atoms with Crippen LogP contribution in [0, 0.1) is 0 Å². The highest BCUT2D eigenvalue weighted by atomic mass is 32.2. The first-order chi connectivity index (χ1) is 7.38. The maximum atomic E-state index is 12.5. The van der Waals surface area contributed by atoms with E-state index in [9.17, 15) is 18.3 Å². The van der Waals surface area contributed by atoms with Crippen molar-refractivity contribution >= 4 is 11.8 Å². The SMILES string of the molecule is CC(O)C1Cc2ccc(C(F)(F)F)cc2S1. The Labute approximate surface area is 95.7 Å². The molecule has 2 unspecified atom stereocenters. The van der Waals surface area contributed by atoms with Crippen LogP contribution in [-0.2, 0) is 12.6 Å². The van der Waals surface area contributed by atoms with Crippen LogP contribution in [0.3, 0.4) is 0 Å². The third-order valence-corrected chi connectivity index (χ3v) is 4.13. The maximum absolute atomic E-state index is 12.5. The van der Waals surface area contributed by atoms with E-state index in [4.69, 9.17) is 0 Å². The number of aliphatic hydroxyl groups is 1. The minimum Gasteiger partial charge on any atom is -0.392 e. The van der Waals surface area contributed by atoms with E-state index in [0.29, 0.717) is 11.3 Å². The number of alkyl halides is 3. The summed E-state index contributed by atoms with van der Waals surface area (Å²) in [5, 5.41) is 9.38. The number of halogens is 3. The van der Waals surface area contributed by atoms with Crippen molar-refractivity contribution in [2.45, 2.75) is 35.8 Å². The maximum Gasteiger partial charge on any atom is 0.416 e.